The molecule has 1 aliphatic rings. The molecular weight excluding hydrogens is 224 g/mol. The SMILES string of the molecule is Cc1cccc(C(CN)N2CCC(CCO)C2)c1. The molecule has 1 aromatic carbocycles. The summed E-state index contributed by atoms with van der Waals surface area (Å²) in [5, 5.41) is 9.02. The van der Waals surface area contributed by atoms with E-state index in [9.17, 15) is 0 Å². The first-order chi connectivity index (χ1) is 8.74. The minimum absolute atomic E-state index is 0.302. The van der Waals surface area contributed by atoms with Crippen LogP contribution in [0.2, 0.25) is 0 Å². The second kappa shape index (κ2) is 6.32. The van der Waals surface area contributed by atoms with Crippen LogP contribution in [-0.2, 0) is 0 Å². The van der Waals surface area contributed by atoms with Crippen LogP contribution >= 0.6 is 0 Å². The van der Waals surface area contributed by atoms with Crippen LogP contribution in [-0.4, -0.2) is 36.2 Å². The Bertz CT molecular complexity index is 381. The van der Waals surface area contributed by atoms with Crippen LogP contribution in [0.25, 0.3) is 0 Å². The Hall–Kier alpha value is -0.900. The molecule has 0 aliphatic carbocycles. The van der Waals surface area contributed by atoms with Crippen molar-refractivity contribution in [3.63, 3.8) is 0 Å². The van der Waals surface area contributed by atoms with E-state index in [0.29, 0.717) is 25.1 Å². The molecule has 0 radical (unpaired) electrons. The fraction of sp³-hybridized carbons (Fsp3) is 0.600. The van der Waals surface area contributed by atoms with E-state index >= 15 is 0 Å². The Labute approximate surface area is 110 Å². The zero-order chi connectivity index (χ0) is 13.0. The van der Waals surface area contributed by atoms with Gasteiger partial charge in [0.2, 0.25) is 0 Å². The van der Waals surface area contributed by atoms with Gasteiger partial charge < -0.3 is 10.8 Å². The molecule has 2 rings (SSSR count). The van der Waals surface area contributed by atoms with Crippen molar-refractivity contribution in [1.82, 2.24) is 4.90 Å². The van der Waals surface area contributed by atoms with E-state index in [1.807, 2.05) is 0 Å². The van der Waals surface area contributed by atoms with Crippen molar-refractivity contribution in [1.29, 1.82) is 0 Å². The summed E-state index contributed by atoms with van der Waals surface area (Å²) in [5.74, 6) is 0.633. The first-order valence-electron chi connectivity index (χ1n) is 6.86. The van der Waals surface area contributed by atoms with Crippen LogP contribution in [0.15, 0.2) is 24.3 Å². The van der Waals surface area contributed by atoms with Crippen LogP contribution in [0.5, 0.6) is 0 Å². The number of hydrogen-bond acceptors (Lipinski definition) is 3. The summed E-state index contributed by atoms with van der Waals surface area (Å²) in [5.41, 5.74) is 8.57. The van der Waals surface area contributed by atoms with E-state index in [2.05, 4.69) is 36.1 Å². The van der Waals surface area contributed by atoms with Crippen molar-refractivity contribution in [3.05, 3.63) is 35.4 Å². The van der Waals surface area contributed by atoms with Crippen molar-refractivity contribution in [2.45, 2.75) is 25.8 Å². The predicted molar refractivity (Wildman–Crippen MR) is 74.4 cm³/mol. The molecule has 0 aromatic heterocycles. The van der Waals surface area contributed by atoms with Crippen molar-refractivity contribution >= 4 is 0 Å². The van der Waals surface area contributed by atoms with Gasteiger partial charge in [0.15, 0.2) is 0 Å². The van der Waals surface area contributed by atoms with Gasteiger partial charge in [0.05, 0.1) is 0 Å². The van der Waals surface area contributed by atoms with Crippen LogP contribution in [0, 0.1) is 12.8 Å². The first-order valence-corrected chi connectivity index (χ1v) is 6.86. The lowest BCUT2D eigenvalue weighted by Crippen LogP contribution is -2.32. The smallest absolute Gasteiger partial charge is 0.0470 e. The lowest BCUT2D eigenvalue weighted by Gasteiger charge is -2.27. The molecule has 0 saturated carbocycles. The molecule has 1 heterocycles. The van der Waals surface area contributed by atoms with E-state index in [1.54, 1.807) is 0 Å². The van der Waals surface area contributed by atoms with Gasteiger partial charge in [0.1, 0.15) is 0 Å². The molecule has 1 fully saturated rings. The maximum absolute atomic E-state index is 9.02. The fourth-order valence-electron chi connectivity index (χ4n) is 2.94. The average molecular weight is 248 g/mol. The van der Waals surface area contributed by atoms with E-state index in [0.717, 1.165) is 19.5 Å². The highest BCUT2D eigenvalue weighted by Crippen LogP contribution is 2.28. The molecule has 0 amide bonds. The number of aryl methyl sites for hydroxylation is 1. The van der Waals surface area contributed by atoms with Crippen LogP contribution in [0.4, 0.5) is 0 Å². The molecule has 2 unspecified atom stereocenters. The Kier molecular flexibility index (Phi) is 4.75. The Morgan fingerprint density at radius 2 is 2.33 bits per heavy atom. The Balaban J connectivity index is 2.06. The standard InChI is InChI=1S/C15H24N2O/c1-12-3-2-4-14(9-12)15(10-16)17-7-5-13(11-17)6-8-18/h2-4,9,13,15,18H,5-8,10-11,16H2,1H3. The summed E-state index contributed by atoms with van der Waals surface area (Å²) in [6.45, 7) is 5.25. The third-order valence-corrected chi connectivity index (χ3v) is 3.95. The van der Waals surface area contributed by atoms with Crippen molar-refractivity contribution in [3.8, 4) is 0 Å². The third kappa shape index (κ3) is 3.10. The molecule has 3 N–H and O–H groups in total. The fourth-order valence-corrected chi connectivity index (χ4v) is 2.94. The van der Waals surface area contributed by atoms with Gasteiger partial charge in [0, 0.05) is 25.7 Å². The molecule has 1 aliphatic heterocycles. The van der Waals surface area contributed by atoms with E-state index in [4.69, 9.17) is 10.8 Å². The molecule has 100 valence electrons. The van der Waals surface area contributed by atoms with Gasteiger partial charge in [-0.15, -0.1) is 0 Å². The number of likely N-dealkylation sites (tertiary alicyclic amines) is 1. The molecular formula is C15H24N2O. The third-order valence-electron chi connectivity index (χ3n) is 3.95. The summed E-state index contributed by atoms with van der Waals surface area (Å²) < 4.78 is 0. The van der Waals surface area contributed by atoms with Crippen molar-refractivity contribution in [2.24, 2.45) is 11.7 Å². The maximum atomic E-state index is 9.02. The highest BCUT2D eigenvalue weighted by Gasteiger charge is 2.27. The minimum Gasteiger partial charge on any atom is -0.396 e. The lowest BCUT2D eigenvalue weighted by molar-refractivity contribution is 0.222. The first kappa shape index (κ1) is 13.5. The number of rotatable bonds is 5. The number of aliphatic hydroxyl groups excluding tert-OH is 1. The zero-order valence-corrected chi connectivity index (χ0v) is 11.2. The summed E-state index contributed by atoms with van der Waals surface area (Å²) in [6.07, 6.45) is 2.10. The summed E-state index contributed by atoms with van der Waals surface area (Å²) in [7, 11) is 0. The van der Waals surface area contributed by atoms with Gasteiger partial charge in [0.25, 0.3) is 0 Å². The summed E-state index contributed by atoms with van der Waals surface area (Å²) in [4.78, 5) is 2.47. The van der Waals surface area contributed by atoms with Gasteiger partial charge in [-0.3, -0.25) is 4.90 Å². The number of hydrogen-bond donors (Lipinski definition) is 2. The molecule has 18 heavy (non-hydrogen) atoms. The zero-order valence-electron chi connectivity index (χ0n) is 11.2. The molecule has 1 aromatic rings. The van der Waals surface area contributed by atoms with E-state index in [-0.39, 0.29) is 0 Å². The molecule has 0 spiro atoms. The molecule has 2 atom stereocenters. The molecule has 0 bridgehead atoms. The maximum Gasteiger partial charge on any atom is 0.0470 e. The highest BCUT2D eigenvalue weighted by atomic mass is 16.3. The van der Waals surface area contributed by atoms with E-state index in [1.165, 1.54) is 17.5 Å². The number of nitrogens with zero attached hydrogens (tertiary/aromatic N) is 1. The van der Waals surface area contributed by atoms with Crippen LogP contribution < -0.4 is 5.73 Å². The Morgan fingerprint density at radius 1 is 1.50 bits per heavy atom. The van der Waals surface area contributed by atoms with E-state index < -0.39 is 0 Å². The molecule has 3 nitrogen and oxygen atoms in total. The molecule has 1 saturated heterocycles. The van der Waals surface area contributed by atoms with Gasteiger partial charge in [-0.2, -0.15) is 0 Å². The van der Waals surface area contributed by atoms with Gasteiger partial charge in [-0.25, -0.2) is 0 Å². The van der Waals surface area contributed by atoms with Crippen molar-refractivity contribution < 1.29 is 5.11 Å². The number of nitrogens with two attached hydrogens (primary N) is 1. The quantitative estimate of drug-likeness (QED) is 0.834. The second-order valence-corrected chi connectivity index (χ2v) is 5.33. The lowest BCUT2D eigenvalue weighted by atomic mass is 10.0. The monoisotopic (exact) mass is 248 g/mol. The van der Waals surface area contributed by atoms with Crippen LogP contribution in [0.3, 0.4) is 0 Å². The summed E-state index contributed by atoms with van der Waals surface area (Å²) >= 11 is 0. The number of aliphatic hydroxyl groups is 1. The average Bonchev–Trinajstić information content (AvgIpc) is 2.79. The topological polar surface area (TPSA) is 49.5 Å². The minimum atomic E-state index is 0.302. The normalized spacial score (nSPS) is 22.3. The Morgan fingerprint density at radius 3 is 3.00 bits per heavy atom. The number of benzene rings is 1. The van der Waals surface area contributed by atoms with Gasteiger partial charge >= 0.3 is 0 Å². The second-order valence-electron chi connectivity index (χ2n) is 5.33. The van der Waals surface area contributed by atoms with Gasteiger partial charge in [-0.1, -0.05) is 29.8 Å². The highest BCUT2D eigenvalue weighted by molar-refractivity contribution is 5.25. The van der Waals surface area contributed by atoms with Crippen LogP contribution in [0.1, 0.15) is 30.0 Å². The van der Waals surface area contributed by atoms with Gasteiger partial charge in [-0.05, 0) is 37.8 Å². The summed E-state index contributed by atoms with van der Waals surface area (Å²) in [6, 6.07) is 8.96. The predicted octanol–water partition coefficient (Wildman–Crippen LogP) is 1.70. The molecule has 3 heteroatoms. The van der Waals surface area contributed by atoms with Crippen molar-refractivity contribution in [2.75, 3.05) is 26.2 Å². The largest absolute Gasteiger partial charge is 0.396 e.